The zero-order chi connectivity index (χ0) is 13.0. The Morgan fingerprint density at radius 2 is 1.89 bits per heavy atom. The maximum atomic E-state index is 13.3. The van der Waals surface area contributed by atoms with E-state index in [9.17, 15) is 4.39 Å². The molecule has 2 heteroatoms. The summed E-state index contributed by atoms with van der Waals surface area (Å²) in [6.07, 6.45) is 8.99. The third kappa shape index (κ3) is 3.55. The van der Waals surface area contributed by atoms with Gasteiger partial charge in [0, 0.05) is 6.04 Å². The van der Waals surface area contributed by atoms with Crippen LogP contribution in [0.15, 0.2) is 18.2 Å². The van der Waals surface area contributed by atoms with Crippen molar-refractivity contribution in [1.29, 1.82) is 0 Å². The van der Waals surface area contributed by atoms with E-state index < -0.39 is 0 Å². The van der Waals surface area contributed by atoms with Gasteiger partial charge in [0.1, 0.15) is 5.82 Å². The molecule has 1 nitrogen and oxygen atoms in total. The lowest BCUT2D eigenvalue weighted by Gasteiger charge is -2.21. The highest BCUT2D eigenvalue weighted by molar-refractivity contribution is 5.29. The Bertz CT molecular complexity index is 381. The second kappa shape index (κ2) is 6.33. The lowest BCUT2D eigenvalue weighted by Crippen LogP contribution is -2.16. The Labute approximate surface area is 110 Å². The predicted octanol–water partition coefficient (Wildman–Crippen LogP) is 4.49. The predicted molar refractivity (Wildman–Crippen MR) is 73.9 cm³/mol. The molecule has 18 heavy (non-hydrogen) atoms. The van der Waals surface area contributed by atoms with Crippen LogP contribution in [0.5, 0.6) is 0 Å². The molecular formula is C16H24FN. The van der Waals surface area contributed by atoms with E-state index in [4.69, 9.17) is 5.73 Å². The van der Waals surface area contributed by atoms with Crippen molar-refractivity contribution in [2.45, 2.75) is 57.9 Å². The molecule has 100 valence electrons. The number of benzene rings is 1. The van der Waals surface area contributed by atoms with Crippen LogP contribution in [0.1, 0.15) is 62.1 Å². The van der Waals surface area contributed by atoms with Crippen LogP contribution in [0.4, 0.5) is 4.39 Å². The van der Waals surface area contributed by atoms with Gasteiger partial charge in [-0.2, -0.15) is 0 Å². The molecule has 1 aromatic rings. The second-order valence-electron chi connectivity index (χ2n) is 5.70. The first-order valence-electron chi connectivity index (χ1n) is 7.18. The number of halogens is 1. The number of nitrogens with two attached hydrogens (primary N) is 1. The van der Waals surface area contributed by atoms with E-state index in [1.54, 1.807) is 6.07 Å². The van der Waals surface area contributed by atoms with Crippen molar-refractivity contribution in [1.82, 2.24) is 0 Å². The van der Waals surface area contributed by atoms with Gasteiger partial charge in [-0.1, -0.05) is 44.6 Å². The van der Waals surface area contributed by atoms with Gasteiger partial charge in [-0.25, -0.2) is 4.39 Å². The van der Waals surface area contributed by atoms with Crippen molar-refractivity contribution in [3.8, 4) is 0 Å². The van der Waals surface area contributed by atoms with E-state index >= 15 is 0 Å². The lowest BCUT2D eigenvalue weighted by atomic mass is 9.88. The van der Waals surface area contributed by atoms with Crippen LogP contribution in [-0.4, -0.2) is 0 Å². The largest absolute Gasteiger partial charge is 0.324 e. The summed E-state index contributed by atoms with van der Waals surface area (Å²) in [7, 11) is 0. The molecule has 0 radical (unpaired) electrons. The molecule has 1 atom stereocenters. The lowest BCUT2D eigenvalue weighted by molar-refractivity contribution is 0.391. The first kappa shape index (κ1) is 13.5. The summed E-state index contributed by atoms with van der Waals surface area (Å²) in [5.74, 6) is 0.553. The zero-order valence-electron chi connectivity index (χ0n) is 11.3. The summed E-state index contributed by atoms with van der Waals surface area (Å²) >= 11 is 0. The molecule has 0 amide bonds. The third-order valence-corrected chi connectivity index (χ3v) is 4.20. The zero-order valence-corrected chi connectivity index (χ0v) is 11.3. The molecule has 1 aliphatic carbocycles. The van der Waals surface area contributed by atoms with Crippen molar-refractivity contribution < 1.29 is 4.39 Å². The van der Waals surface area contributed by atoms with Gasteiger partial charge in [-0.3, -0.25) is 0 Å². The minimum Gasteiger partial charge on any atom is -0.324 e. The van der Waals surface area contributed by atoms with Crippen LogP contribution in [0, 0.1) is 18.7 Å². The Balaban J connectivity index is 2.01. The summed E-state index contributed by atoms with van der Waals surface area (Å²) in [5, 5.41) is 0. The number of aryl methyl sites for hydroxylation is 1. The van der Waals surface area contributed by atoms with Gasteiger partial charge < -0.3 is 5.73 Å². The van der Waals surface area contributed by atoms with Crippen molar-refractivity contribution >= 4 is 0 Å². The van der Waals surface area contributed by atoms with Crippen LogP contribution < -0.4 is 5.73 Å². The number of hydrogen-bond acceptors (Lipinski definition) is 1. The molecule has 2 N–H and O–H groups in total. The molecule has 0 aromatic heterocycles. The second-order valence-corrected chi connectivity index (χ2v) is 5.70. The molecule has 0 heterocycles. The van der Waals surface area contributed by atoms with E-state index in [-0.39, 0.29) is 11.9 Å². The molecule has 1 fully saturated rings. The third-order valence-electron chi connectivity index (χ3n) is 4.20. The summed E-state index contributed by atoms with van der Waals surface area (Å²) in [4.78, 5) is 0. The van der Waals surface area contributed by atoms with Gasteiger partial charge in [0.25, 0.3) is 0 Å². The van der Waals surface area contributed by atoms with Gasteiger partial charge in [0.05, 0.1) is 0 Å². The summed E-state index contributed by atoms with van der Waals surface area (Å²) in [5.41, 5.74) is 8.37. The molecule has 1 unspecified atom stereocenters. The smallest absolute Gasteiger partial charge is 0.123 e. The van der Waals surface area contributed by atoms with E-state index in [0.717, 1.165) is 23.5 Å². The van der Waals surface area contributed by atoms with Crippen molar-refractivity contribution in [3.05, 3.63) is 35.1 Å². The number of rotatable bonds is 3. The summed E-state index contributed by atoms with van der Waals surface area (Å²) in [6, 6.07) is 4.94. The maximum absolute atomic E-state index is 13.3. The van der Waals surface area contributed by atoms with Crippen molar-refractivity contribution in [3.63, 3.8) is 0 Å². The highest BCUT2D eigenvalue weighted by atomic mass is 19.1. The minimum atomic E-state index is -0.174. The van der Waals surface area contributed by atoms with Gasteiger partial charge in [-0.15, -0.1) is 0 Å². The van der Waals surface area contributed by atoms with E-state index in [1.165, 1.54) is 44.6 Å². The first-order chi connectivity index (χ1) is 8.66. The van der Waals surface area contributed by atoms with Crippen LogP contribution in [0.25, 0.3) is 0 Å². The van der Waals surface area contributed by atoms with Gasteiger partial charge >= 0.3 is 0 Å². The highest BCUT2D eigenvalue weighted by Crippen LogP contribution is 2.31. The fourth-order valence-corrected chi connectivity index (χ4v) is 3.10. The SMILES string of the molecule is Cc1ccc(F)cc1C(N)CC1CCCCCC1. The first-order valence-corrected chi connectivity index (χ1v) is 7.18. The van der Waals surface area contributed by atoms with Crippen LogP contribution in [0.3, 0.4) is 0 Å². The van der Waals surface area contributed by atoms with E-state index in [2.05, 4.69) is 0 Å². The topological polar surface area (TPSA) is 26.0 Å². The van der Waals surface area contributed by atoms with Crippen LogP contribution in [0.2, 0.25) is 0 Å². The Morgan fingerprint density at radius 1 is 1.22 bits per heavy atom. The fraction of sp³-hybridized carbons (Fsp3) is 0.625. The standard InChI is InChI=1S/C16H24FN/c1-12-8-9-14(17)11-15(12)16(18)10-13-6-4-2-3-5-7-13/h8-9,11,13,16H,2-7,10,18H2,1H3. The van der Waals surface area contributed by atoms with Crippen molar-refractivity contribution in [2.24, 2.45) is 11.7 Å². The van der Waals surface area contributed by atoms with Crippen LogP contribution in [-0.2, 0) is 0 Å². The summed E-state index contributed by atoms with van der Waals surface area (Å²) in [6.45, 7) is 2.02. The van der Waals surface area contributed by atoms with Gasteiger partial charge in [0.2, 0.25) is 0 Å². The van der Waals surface area contributed by atoms with E-state index in [1.807, 2.05) is 13.0 Å². The van der Waals surface area contributed by atoms with Crippen LogP contribution >= 0.6 is 0 Å². The van der Waals surface area contributed by atoms with E-state index in [0.29, 0.717) is 0 Å². The molecule has 0 spiro atoms. The molecule has 0 aliphatic heterocycles. The molecule has 1 aliphatic rings. The molecule has 0 saturated heterocycles. The summed E-state index contributed by atoms with van der Waals surface area (Å²) < 4.78 is 13.3. The van der Waals surface area contributed by atoms with Gasteiger partial charge in [0.15, 0.2) is 0 Å². The molecule has 2 rings (SSSR count). The van der Waals surface area contributed by atoms with Gasteiger partial charge in [-0.05, 0) is 42.5 Å². The normalized spacial score (nSPS) is 19.5. The Morgan fingerprint density at radius 3 is 2.56 bits per heavy atom. The highest BCUT2D eigenvalue weighted by Gasteiger charge is 2.18. The quantitative estimate of drug-likeness (QED) is 0.784. The molecule has 0 bridgehead atoms. The average molecular weight is 249 g/mol. The maximum Gasteiger partial charge on any atom is 0.123 e. The Kier molecular flexibility index (Phi) is 4.76. The molecule has 1 aromatic carbocycles. The average Bonchev–Trinajstić information content (AvgIpc) is 2.61. The minimum absolute atomic E-state index is 0.0104. The molecular weight excluding hydrogens is 225 g/mol. The monoisotopic (exact) mass is 249 g/mol. The molecule has 1 saturated carbocycles. The Hall–Kier alpha value is -0.890. The van der Waals surface area contributed by atoms with Crippen molar-refractivity contribution in [2.75, 3.05) is 0 Å². The fourth-order valence-electron chi connectivity index (χ4n) is 3.10. The number of hydrogen-bond donors (Lipinski definition) is 1.